The van der Waals surface area contributed by atoms with Gasteiger partial charge in [-0.1, -0.05) is 19.9 Å². The Bertz CT molecular complexity index is 452. The molecule has 0 bridgehead atoms. The van der Waals surface area contributed by atoms with Crippen molar-refractivity contribution in [1.82, 2.24) is 5.32 Å². The van der Waals surface area contributed by atoms with Crippen LogP contribution in [0.3, 0.4) is 0 Å². The van der Waals surface area contributed by atoms with Crippen LogP contribution in [0.15, 0.2) is 22.7 Å². The fourth-order valence-corrected chi connectivity index (χ4v) is 2.18. The number of rotatable bonds is 5. The summed E-state index contributed by atoms with van der Waals surface area (Å²) in [5.74, 6) is 0.827. The number of nitrogens with zero attached hydrogens (tertiary/aromatic N) is 1. The summed E-state index contributed by atoms with van der Waals surface area (Å²) >= 11 is 3.50. The summed E-state index contributed by atoms with van der Waals surface area (Å²) in [5.41, 5.74) is 1.16. The molecule has 0 aliphatic rings. The molecule has 1 N–H and O–H groups in total. The molecule has 0 radical (unpaired) electrons. The van der Waals surface area contributed by atoms with Gasteiger partial charge in [-0.15, -0.1) is 0 Å². The van der Waals surface area contributed by atoms with E-state index in [-0.39, 0.29) is 11.5 Å². The van der Waals surface area contributed by atoms with Gasteiger partial charge in [0, 0.05) is 12.0 Å². The van der Waals surface area contributed by atoms with Crippen LogP contribution in [0.25, 0.3) is 0 Å². The molecule has 1 unspecified atom stereocenters. The smallest absolute Gasteiger partial charge is 0.133 e. The number of hydrogen-bond acceptors (Lipinski definition) is 3. The lowest BCUT2D eigenvalue weighted by Gasteiger charge is -2.27. The summed E-state index contributed by atoms with van der Waals surface area (Å²) in [5, 5.41) is 12.0. The van der Waals surface area contributed by atoms with Gasteiger partial charge in [-0.05, 0) is 40.5 Å². The van der Waals surface area contributed by atoms with Crippen LogP contribution in [0.4, 0.5) is 0 Å². The normalized spacial score (nSPS) is 12.9. The summed E-state index contributed by atoms with van der Waals surface area (Å²) in [6.07, 6.45) is 0. The van der Waals surface area contributed by atoms with Gasteiger partial charge in [0.2, 0.25) is 0 Å². The van der Waals surface area contributed by atoms with E-state index < -0.39 is 0 Å². The monoisotopic (exact) mass is 310 g/mol. The number of methoxy groups -OCH3 is 1. The van der Waals surface area contributed by atoms with Gasteiger partial charge in [0.1, 0.15) is 5.75 Å². The molecule has 1 rings (SSSR count). The molecule has 0 heterocycles. The van der Waals surface area contributed by atoms with E-state index in [1.807, 2.05) is 13.0 Å². The van der Waals surface area contributed by atoms with Crippen LogP contribution in [0.5, 0.6) is 5.75 Å². The summed E-state index contributed by atoms with van der Waals surface area (Å²) in [7, 11) is 1.65. The summed E-state index contributed by atoms with van der Waals surface area (Å²) in [4.78, 5) is 0. The molecule has 1 atom stereocenters. The second kappa shape index (κ2) is 6.21. The van der Waals surface area contributed by atoms with Crippen LogP contribution in [-0.2, 0) is 5.41 Å². The maximum atomic E-state index is 8.78. The Balaban J connectivity index is 2.85. The Hall–Kier alpha value is -1.05. The molecule has 0 aliphatic heterocycles. The first-order valence-corrected chi connectivity index (χ1v) is 6.67. The average molecular weight is 311 g/mol. The zero-order valence-electron chi connectivity index (χ0n) is 11.2. The molecular formula is C14H19BrN2O. The van der Waals surface area contributed by atoms with Crippen LogP contribution < -0.4 is 10.1 Å². The van der Waals surface area contributed by atoms with E-state index in [0.29, 0.717) is 0 Å². The average Bonchev–Trinajstić information content (AvgIpc) is 2.35. The third-order valence-electron chi connectivity index (χ3n) is 2.98. The lowest BCUT2D eigenvalue weighted by Crippen LogP contribution is -2.37. The number of hydrogen-bond donors (Lipinski definition) is 1. The van der Waals surface area contributed by atoms with Crippen molar-refractivity contribution in [3.63, 3.8) is 0 Å². The van der Waals surface area contributed by atoms with Gasteiger partial charge in [0.25, 0.3) is 0 Å². The van der Waals surface area contributed by atoms with Gasteiger partial charge in [0.15, 0.2) is 0 Å². The van der Waals surface area contributed by atoms with Gasteiger partial charge in [-0.25, -0.2) is 0 Å². The van der Waals surface area contributed by atoms with Gasteiger partial charge in [-0.3, -0.25) is 0 Å². The molecule has 18 heavy (non-hydrogen) atoms. The van der Waals surface area contributed by atoms with Crippen molar-refractivity contribution in [2.75, 3.05) is 13.7 Å². The Labute approximate surface area is 117 Å². The second-order valence-electron chi connectivity index (χ2n) is 4.96. The Morgan fingerprint density at radius 3 is 2.67 bits per heavy atom. The maximum absolute atomic E-state index is 8.78. The number of nitriles is 1. The number of benzene rings is 1. The highest BCUT2D eigenvalue weighted by molar-refractivity contribution is 9.10. The SMILES string of the molecule is COc1ccc(C(C)(C)CNC(C)C#N)cc1Br. The first-order valence-electron chi connectivity index (χ1n) is 5.87. The standard InChI is InChI=1S/C14H19BrN2O/c1-10(8-16)17-9-14(2,3)11-5-6-13(18-4)12(15)7-11/h5-7,10,17H,9H2,1-4H3. The zero-order valence-corrected chi connectivity index (χ0v) is 12.8. The van der Waals surface area contributed by atoms with E-state index >= 15 is 0 Å². The van der Waals surface area contributed by atoms with Gasteiger partial charge in [0.05, 0.1) is 23.7 Å². The van der Waals surface area contributed by atoms with Crippen LogP contribution >= 0.6 is 15.9 Å². The Kier molecular flexibility index (Phi) is 5.18. The molecule has 0 saturated carbocycles. The van der Waals surface area contributed by atoms with E-state index in [4.69, 9.17) is 10.00 Å². The maximum Gasteiger partial charge on any atom is 0.133 e. The van der Waals surface area contributed by atoms with Crippen molar-refractivity contribution in [2.45, 2.75) is 32.2 Å². The summed E-state index contributed by atoms with van der Waals surface area (Å²) in [6.45, 7) is 6.91. The first kappa shape index (κ1) is 15.0. The number of halogens is 1. The van der Waals surface area contributed by atoms with Crippen molar-refractivity contribution in [3.8, 4) is 11.8 Å². The molecule has 1 aromatic rings. The molecule has 4 heteroatoms. The number of nitrogens with one attached hydrogen (secondary N) is 1. The van der Waals surface area contributed by atoms with Crippen molar-refractivity contribution in [3.05, 3.63) is 28.2 Å². The van der Waals surface area contributed by atoms with E-state index in [1.165, 1.54) is 5.56 Å². The Morgan fingerprint density at radius 2 is 2.17 bits per heavy atom. The first-order chi connectivity index (χ1) is 8.40. The second-order valence-corrected chi connectivity index (χ2v) is 5.82. The van der Waals surface area contributed by atoms with Gasteiger partial charge >= 0.3 is 0 Å². The molecule has 0 aliphatic carbocycles. The Morgan fingerprint density at radius 1 is 1.50 bits per heavy atom. The lowest BCUT2D eigenvalue weighted by molar-refractivity contribution is 0.410. The van der Waals surface area contributed by atoms with Crippen molar-refractivity contribution < 1.29 is 4.74 Å². The quantitative estimate of drug-likeness (QED) is 0.908. The minimum Gasteiger partial charge on any atom is -0.496 e. The third kappa shape index (κ3) is 3.72. The summed E-state index contributed by atoms with van der Waals surface area (Å²) in [6, 6.07) is 8.12. The van der Waals surface area contributed by atoms with Crippen molar-refractivity contribution >= 4 is 15.9 Å². The van der Waals surface area contributed by atoms with E-state index in [1.54, 1.807) is 7.11 Å². The molecule has 0 fully saturated rings. The highest BCUT2D eigenvalue weighted by atomic mass is 79.9. The van der Waals surface area contributed by atoms with Crippen LogP contribution in [0, 0.1) is 11.3 Å². The highest BCUT2D eigenvalue weighted by Crippen LogP contribution is 2.31. The predicted octanol–water partition coefficient (Wildman–Crippen LogP) is 3.24. The molecule has 0 spiro atoms. The molecule has 0 amide bonds. The molecule has 0 aromatic heterocycles. The third-order valence-corrected chi connectivity index (χ3v) is 3.60. The van der Waals surface area contributed by atoms with E-state index in [0.717, 1.165) is 16.8 Å². The predicted molar refractivity (Wildman–Crippen MR) is 76.8 cm³/mol. The molecule has 98 valence electrons. The zero-order chi connectivity index (χ0) is 13.8. The van der Waals surface area contributed by atoms with Crippen LogP contribution in [0.2, 0.25) is 0 Å². The molecule has 3 nitrogen and oxygen atoms in total. The van der Waals surface area contributed by atoms with E-state index in [2.05, 4.69) is 53.3 Å². The number of ether oxygens (including phenoxy) is 1. The molecule has 0 saturated heterocycles. The highest BCUT2D eigenvalue weighted by Gasteiger charge is 2.22. The largest absolute Gasteiger partial charge is 0.496 e. The van der Waals surface area contributed by atoms with Gasteiger partial charge < -0.3 is 10.1 Å². The fourth-order valence-electron chi connectivity index (χ4n) is 1.64. The van der Waals surface area contributed by atoms with Crippen LogP contribution in [-0.4, -0.2) is 19.7 Å². The van der Waals surface area contributed by atoms with Gasteiger partial charge in [-0.2, -0.15) is 5.26 Å². The molecular weight excluding hydrogens is 292 g/mol. The van der Waals surface area contributed by atoms with Crippen molar-refractivity contribution in [2.24, 2.45) is 0 Å². The topological polar surface area (TPSA) is 45.0 Å². The van der Waals surface area contributed by atoms with E-state index in [9.17, 15) is 0 Å². The fraction of sp³-hybridized carbons (Fsp3) is 0.500. The minimum absolute atomic E-state index is 0.0418. The summed E-state index contributed by atoms with van der Waals surface area (Å²) < 4.78 is 6.17. The minimum atomic E-state index is -0.133. The van der Waals surface area contributed by atoms with Crippen LogP contribution in [0.1, 0.15) is 26.3 Å². The lowest BCUT2D eigenvalue weighted by atomic mass is 9.84. The molecule has 1 aromatic carbocycles. The van der Waals surface area contributed by atoms with Crippen molar-refractivity contribution in [1.29, 1.82) is 5.26 Å².